The molecule has 0 saturated carbocycles. The fourth-order valence-electron chi connectivity index (χ4n) is 2.78. The minimum atomic E-state index is -0.764. The first-order valence-corrected chi connectivity index (χ1v) is 9.62. The molecule has 0 heterocycles. The lowest BCUT2D eigenvalue weighted by molar-refractivity contribution is 0.989. The van der Waals surface area contributed by atoms with Crippen molar-refractivity contribution in [3.05, 3.63) is 59.2 Å². The third-order valence-corrected chi connectivity index (χ3v) is 6.51. The predicted molar refractivity (Wildman–Crippen MR) is 93.1 cm³/mol. The zero-order valence-corrected chi connectivity index (χ0v) is 14.1. The largest absolute Gasteiger partial charge is 0.0859 e. The topological polar surface area (TPSA) is 0 Å². The van der Waals surface area contributed by atoms with Gasteiger partial charge in [0.2, 0.25) is 0 Å². The van der Waals surface area contributed by atoms with Crippen LogP contribution in [0.2, 0.25) is 0 Å². The molecule has 2 rings (SSSR count). The van der Waals surface area contributed by atoms with E-state index in [1.807, 2.05) is 6.07 Å². The van der Waals surface area contributed by atoms with Gasteiger partial charge in [0.05, 0.1) is 7.27 Å². The Hall–Kier alpha value is -0.840. The highest BCUT2D eigenvalue weighted by molar-refractivity contribution is 7.95. The number of hydrogen-bond acceptors (Lipinski definition) is 0. The lowest BCUT2D eigenvalue weighted by atomic mass is 9.96. The first-order valence-electron chi connectivity index (χ1n) is 7.37. The Morgan fingerprint density at radius 1 is 0.800 bits per heavy atom. The maximum absolute atomic E-state index is 6.80. The van der Waals surface area contributed by atoms with E-state index in [0.717, 1.165) is 19.3 Å². The fraction of sp³-hybridized carbons (Fsp3) is 0.333. The van der Waals surface area contributed by atoms with E-state index < -0.39 is 7.27 Å². The average Bonchev–Trinajstić information content (AvgIpc) is 2.53. The second-order valence-corrected chi connectivity index (χ2v) is 7.45. The lowest BCUT2D eigenvalue weighted by Gasteiger charge is -2.20. The lowest BCUT2D eigenvalue weighted by Crippen LogP contribution is -2.16. The van der Waals surface area contributed by atoms with E-state index in [1.54, 1.807) is 0 Å². The van der Waals surface area contributed by atoms with Crippen LogP contribution in [0.15, 0.2) is 42.5 Å². The minimum absolute atomic E-state index is 0.764. The van der Waals surface area contributed by atoms with Gasteiger partial charge in [0, 0.05) is 0 Å². The van der Waals surface area contributed by atoms with E-state index >= 15 is 0 Å². The zero-order valence-electron chi connectivity index (χ0n) is 12.5. The summed E-state index contributed by atoms with van der Waals surface area (Å²) in [5, 5.41) is 2.58. The van der Waals surface area contributed by atoms with Crippen LogP contribution < -0.4 is 10.6 Å². The van der Waals surface area contributed by atoms with E-state index in [-0.39, 0.29) is 0 Å². The molecule has 0 aromatic heterocycles. The first-order chi connectivity index (χ1) is 9.72. The molecule has 0 saturated heterocycles. The molecule has 0 N–H and O–H groups in total. The van der Waals surface area contributed by atoms with Crippen molar-refractivity contribution in [2.75, 3.05) is 0 Å². The van der Waals surface area contributed by atoms with Crippen LogP contribution in [0, 0.1) is 0 Å². The standard InChI is InChI=1S/C18H22ClP/c1-4-14-12-13-18(17(6-3)16(14)5-2)20(19)15-10-8-7-9-11-15/h7-13H,4-6H2,1-3H3. The normalized spacial score (nSPS) is 12.4. The molecule has 0 nitrogen and oxygen atoms in total. The zero-order chi connectivity index (χ0) is 14.5. The van der Waals surface area contributed by atoms with Crippen molar-refractivity contribution in [2.45, 2.75) is 40.0 Å². The number of hydrogen-bond donors (Lipinski definition) is 0. The molecular weight excluding hydrogens is 283 g/mol. The Balaban J connectivity index is 2.51. The molecule has 106 valence electrons. The average molecular weight is 305 g/mol. The van der Waals surface area contributed by atoms with Gasteiger partial charge in [-0.25, -0.2) is 0 Å². The van der Waals surface area contributed by atoms with Crippen LogP contribution in [-0.2, 0) is 19.3 Å². The highest BCUT2D eigenvalue weighted by atomic mass is 35.7. The van der Waals surface area contributed by atoms with Crippen LogP contribution in [0.3, 0.4) is 0 Å². The van der Waals surface area contributed by atoms with Gasteiger partial charge in [0.1, 0.15) is 0 Å². The molecule has 0 fully saturated rings. The van der Waals surface area contributed by atoms with Crippen molar-refractivity contribution in [2.24, 2.45) is 0 Å². The van der Waals surface area contributed by atoms with Gasteiger partial charge in [-0.2, -0.15) is 0 Å². The van der Waals surface area contributed by atoms with E-state index in [9.17, 15) is 0 Å². The summed E-state index contributed by atoms with van der Waals surface area (Å²) < 4.78 is 0. The summed E-state index contributed by atoms with van der Waals surface area (Å²) in [5.74, 6) is 0. The molecule has 2 heteroatoms. The van der Waals surface area contributed by atoms with Crippen LogP contribution in [-0.4, -0.2) is 0 Å². The Kier molecular flexibility index (Phi) is 5.64. The van der Waals surface area contributed by atoms with Crippen LogP contribution >= 0.6 is 18.5 Å². The van der Waals surface area contributed by atoms with Crippen molar-refractivity contribution in [3.8, 4) is 0 Å². The van der Waals surface area contributed by atoms with Gasteiger partial charge < -0.3 is 0 Å². The van der Waals surface area contributed by atoms with Crippen molar-refractivity contribution >= 4 is 29.1 Å². The summed E-state index contributed by atoms with van der Waals surface area (Å²) in [6.45, 7) is 6.72. The Morgan fingerprint density at radius 2 is 1.45 bits per heavy atom. The predicted octanol–water partition coefficient (Wildman–Crippen LogP) is 4.96. The first kappa shape index (κ1) is 15.5. The third kappa shape index (κ3) is 3.08. The minimum Gasteiger partial charge on any atom is -0.0859 e. The van der Waals surface area contributed by atoms with Crippen molar-refractivity contribution in [3.63, 3.8) is 0 Å². The molecule has 1 atom stereocenters. The number of halogens is 1. The number of benzene rings is 2. The van der Waals surface area contributed by atoms with Crippen molar-refractivity contribution in [1.29, 1.82) is 0 Å². The third-order valence-electron chi connectivity index (χ3n) is 3.79. The van der Waals surface area contributed by atoms with E-state index in [1.165, 1.54) is 27.3 Å². The van der Waals surface area contributed by atoms with Gasteiger partial charge in [-0.05, 0) is 46.6 Å². The summed E-state index contributed by atoms with van der Waals surface area (Å²) in [6, 6.07) is 15.0. The smallest absolute Gasteiger partial charge is 0.0527 e. The Morgan fingerprint density at radius 3 is 2.00 bits per heavy atom. The molecule has 2 aromatic rings. The quantitative estimate of drug-likeness (QED) is 0.685. The summed E-state index contributed by atoms with van der Waals surface area (Å²) in [7, 11) is -0.764. The molecule has 0 bridgehead atoms. The van der Waals surface area contributed by atoms with E-state index in [2.05, 4.69) is 57.2 Å². The monoisotopic (exact) mass is 304 g/mol. The van der Waals surface area contributed by atoms with Gasteiger partial charge in [0.25, 0.3) is 0 Å². The van der Waals surface area contributed by atoms with Gasteiger partial charge in [-0.3, -0.25) is 0 Å². The summed E-state index contributed by atoms with van der Waals surface area (Å²) in [4.78, 5) is 0. The van der Waals surface area contributed by atoms with Crippen molar-refractivity contribution < 1.29 is 0 Å². The maximum Gasteiger partial charge on any atom is 0.0527 e. The fourth-order valence-corrected chi connectivity index (χ4v) is 5.04. The highest BCUT2D eigenvalue weighted by Gasteiger charge is 2.17. The molecule has 0 aliphatic carbocycles. The molecule has 2 aromatic carbocycles. The molecule has 0 amide bonds. The second kappa shape index (κ2) is 7.25. The van der Waals surface area contributed by atoms with Crippen LogP contribution in [0.1, 0.15) is 37.5 Å². The second-order valence-electron chi connectivity index (χ2n) is 4.88. The summed E-state index contributed by atoms with van der Waals surface area (Å²) in [5.41, 5.74) is 4.45. The molecule has 0 aliphatic heterocycles. The van der Waals surface area contributed by atoms with E-state index in [0.29, 0.717) is 0 Å². The molecule has 0 aliphatic rings. The Bertz CT molecular complexity index is 563. The van der Waals surface area contributed by atoms with Crippen LogP contribution in [0.5, 0.6) is 0 Å². The number of rotatable bonds is 5. The Labute approximate surface area is 128 Å². The van der Waals surface area contributed by atoms with Gasteiger partial charge in [-0.1, -0.05) is 74.5 Å². The molecule has 20 heavy (non-hydrogen) atoms. The highest BCUT2D eigenvalue weighted by Crippen LogP contribution is 2.41. The summed E-state index contributed by atoms with van der Waals surface area (Å²) >= 11 is 6.80. The van der Waals surface area contributed by atoms with Gasteiger partial charge >= 0.3 is 0 Å². The van der Waals surface area contributed by atoms with Gasteiger partial charge in [-0.15, -0.1) is 0 Å². The van der Waals surface area contributed by atoms with Crippen LogP contribution in [0.25, 0.3) is 0 Å². The molecule has 0 spiro atoms. The van der Waals surface area contributed by atoms with Gasteiger partial charge in [0.15, 0.2) is 0 Å². The summed E-state index contributed by atoms with van der Waals surface area (Å²) in [6.07, 6.45) is 3.25. The molecule has 0 radical (unpaired) electrons. The van der Waals surface area contributed by atoms with Crippen LogP contribution in [0.4, 0.5) is 0 Å². The molecular formula is C18H22ClP. The number of aryl methyl sites for hydroxylation is 1. The molecule has 1 unspecified atom stereocenters. The maximum atomic E-state index is 6.80. The van der Waals surface area contributed by atoms with E-state index in [4.69, 9.17) is 11.2 Å². The van der Waals surface area contributed by atoms with Crippen molar-refractivity contribution in [1.82, 2.24) is 0 Å². The SMILES string of the molecule is CCc1ccc(P(Cl)c2ccccc2)c(CC)c1CC.